The third kappa shape index (κ3) is 2.94. The van der Waals surface area contributed by atoms with Crippen molar-refractivity contribution in [1.29, 1.82) is 0 Å². The first-order valence-corrected chi connectivity index (χ1v) is 8.60. The third-order valence-electron chi connectivity index (χ3n) is 4.32. The zero-order chi connectivity index (χ0) is 18.3. The largest absolute Gasteiger partial charge is 0.437 e. The summed E-state index contributed by atoms with van der Waals surface area (Å²) in [7, 11) is 0. The van der Waals surface area contributed by atoms with Crippen molar-refractivity contribution in [3.63, 3.8) is 0 Å². The molecule has 0 atom stereocenters. The fourth-order valence-electron chi connectivity index (χ4n) is 2.98. The molecular weight excluding hydrogens is 324 g/mol. The molecule has 2 heterocycles. The third-order valence-corrected chi connectivity index (χ3v) is 4.32. The van der Waals surface area contributed by atoms with E-state index in [0.29, 0.717) is 23.3 Å². The highest BCUT2D eigenvalue weighted by atomic mass is 16.4. The highest BCUT2D eigenvalue weighted by molar-refractivity contribution is 5.82. The Morgan fingerprint density at radius 3 is 1.23 bits per heavy atom. The molecule has 4 nitrogen and oxygen atoms in total. The van der Waals surface area contributed by atoms with Crippen LogP contribution in [0, 0.1) is 27.7 Å². The van der Waals surface area contributed by atoms with Gasteiger partial charge in [-0.1, -0.05) is 59.7 Å². The maximum absolute atomic E-state index is 5.94. The molecule has 130 valence electrons. The van der Waals surface area contributed by atoms with Crippen LogP contribution in [0.4, 0.5) is 0 Å². The van der Waals surface area contributed by atoms with Gasteiger partial charge in [-0.05, 0) is 13.8 Å². The SMILES string of the molecule is Cc1ccc(-c2nc(C)oc2-c2oc(C)nc2-c2ccc(C)cc2)cc1. The summed E-state index contributed by atoms with van der Waals surface area (Å²) in [6, 6.07) is 16.4. The summed E-state index contributed by atoms with van der Waals surface area (Å²) in [6.07, 6.45) is 0. The first-order valence-electron chi connectivity index (χ1n) is 8.60. The Kier molecular flexibility index (Phi) is 3.96. The van der Waals surface area contributed by atoms with Crippen LogP contribution in [0.15, 0.2) is 57.4 Å². The zero-order valence-corrected chi connectivity index (χ0v) is 15.3. The van der Waals surface area contributed by atoms with Crippen LogP contribution in [-0.4, -0.2) is 9.97 Å². The molecule has 0 saturated heterocycles. The van der Waals surface area contributed by atoms with E-state index in [0.717, 1.165) is 22.5 Å². The molecule has 0 spiro atoms. The number of aromatic nitrogens is 2. The second-order valence-corrected chi connectivity index (χ2v) is 6.55. The van der Waals surface area contributed by atoms with E-state index in [1.807, 2.05) is 38.1 Å². The van der Waals surface area contributed by atoms with Crippen molar-refractivity contribution in [1.82, 2.24) is 9.97 Å². The molecule has 0 aliphatic heterocycles. The van der Waals surface area contributed by atoms with Crippen LogP contribution >= 0.6 is 0 Å². The molecule has 2 aromatic carbocycles. The van der Waals surface area contributed by atoms with Crippen molar-refractivity contribution in [2.75, 3.05) is 0 Å². The van der Waals surface area contributed by atoms with Crippen molar-refractivity contribution in [3.05, 3.63) is 71.4 Å². The van der Waals surface area contributed by atoms with Gasteiger partial charge in [0.05, 0.1) is 0 Å². The lowest BCUT2D eigenvalue weighted by molar-refractivity contribution is 0.485. The number of nitrogens with zero attached hydrogens (tertiary/aromatic N) is 2. The smallest absolute Gasteiger partial charge is 0.200 e. The number of oxazole rings is 2. The summed E-state index contributed by atoms with van der Waals surface area (Å²) in [4.78, 5) is 9.18. The van der Waals surface area contributed by atoms with Gasteiger partial charge in [0.1, 0.15) is 11.4 Å². The van der Waals surface area contributed by atoms with Crippen LogP contribution in [0.3, 0.4) is 0 Å². The second kappa shape index (κ2) is 6.30. The Bertz CT molecular complexity index is 967. The molecule has 0 N–H and O–H groups in total. The maximum Gasteiger partial charge on any atom is 0.200 e. The van der Waals surface area contributed by atoms with E-state index in [4.69, 9.17) is 8.83 Å². The molecule has 0 aliphatic rings. The first-order chi connectivity index (χ1) is 12.5. The minimum atomic E-state index is 0.597. The average Bonchev–Trinajstić information content (AvgIpc) is 3.19. The van der Waals surface area contributed by atoms with Gasteiger partial charge in [-0.3, -0.25) is 0 Å². The van der Waals surface area contributed by atoms with E-state index < -0.39 is 0 Å². The second-order valence-electron chi connectivity index (χ2n) is 6.55. The molecule has 0 amide bonds. The summed E-state index contributed by atoms with van der Waals surface area (Å²) >= 11 is 0. The maximum atomic E-state index is 5.94. The lowest BCUT2D eigenvalue weighted by Crippen LogP contribution is -1.86. The molecular formula is C22H20N2O2. The molecule has 0 unspecified atom stereocenters. The van der Waals surface area contributed by atoms with E-state index in [2.05, 4.69) is 48.1 Å². The van der Waals surface area contributed by atoms with E-state index in [9.17, 15) is 0 Å². The Hall–Kier alpha value is -3.14. The van der Waals surface area contributed by atoms with E-state index in [1.54, 1.807) is 0 Å². The molecule has 2 aromatic heterocycles. The molecule has 0 radical (unpaired) electrons. The van der Waals surface area contributed by atoms with E-state index in [-0.39, 0.29) is 0 Å². The van der Waals surface area contributed by atoms with E-state index >= 15 is 0 Å². The minimum absolute atomic E-state index is 0.597. The molecule has 26 heavy (non-hydrogen) atoms. The highest BCUT2D eigenvalue weighted by Crippen LogP contribution is 2.38. The molecule has 0 aliphatic carbocycles. The van der Waals surface area contributed by atoms with Gasteiger partial charge in [0.15, 0.2) is 23.3 Å². The Morgan fingerprint density at radius 1 is 0.538 bits per heavy atom. The predicted molar refractivity (Wildman–Crippen MR) is 102 cm³/mol. The lowest BCUT2D eigenvalue weighted by atomic mass is 10.0. The Morgan fingerprint density at radius 2 is 0.885 bits per heavy atom. The van der Waals surface area contributed by atoms with Gasteiger partial charge < -0.3 is 8.83 Å². The molecule has 4 aromatic rings. The quantitative estimate of drug-likeness (QED) is 0.464. The van der Waals surface area contributed by atoms with Crippen LogP contribution in [0.1, 0.15) is 22.9 Å². The van der Waals surface area contributed by atoms with Crippen LogP contribution in [-0.2, 0) is 0 Å². The number of benzene rings is 2. The monoisotopic (exact) mass is 344 g/mol. The number of hydrogen-bond donors (Lipinski definition) is 0. The summed E-state index contributed by atoms with van der Waals surface area (Å²) in [5, 5.41) is 0. The van der Waals surface area contributed by atoms with Crippen molar-refractivity contribution < 1.29 is 8.83 Å². The van der Waals surface area contributed by atoms with Crippen LogP contribution < -0.4 is 0 Å². The van der Waals surface area contributed by atoms with Crippen molar-refractivity contribution >= 4 is 0 Å². The van der Waals surface area contributed by atoms with Gasteiger partial charge in [0.25, 0.3) is 0 Å². The number of rotatable bonds is 3. The number of aryl methyl sites for hydroxylation is 4. The van der Waals surface area contributed by atoms with Gasteiger partial charge in [-0.25, -0.2) is 9.97 Å². The Labute approximate surface area is 152 Å². The van der Waals surface area contributed by atoms with Crippen molar-refractivity contribution in [2.45, 2.75) is 27.7 Å². The molecule has 4 heteroatoms. The van der Waals surface area contributed by atoms with Gasteiger partial charge in [0, 0.05) is 25.0 Å². The van der Waals surface area contributed by atoms with Crippen molar-refractivity contribution in [2.24, 2.45) is 0 Å². The highest BCUT2D eigenvalue weighted by Gasteiger charge is 2.24. The zero-order valence-electron chi connectivity index (χ0n) is 15.3. The van der Waals surface area contributed by atoms with Crippen LogP contribution in [0.2, 0.25) is 0 Å². The summed E-state index contributed by atoms with van der Waals surface area (Å²) in [6.45, 7) is 7.81. The minimum Gasteiger partial charge on any atom is -0.437 e. The molecule has 0 fully saturated rings. The molecule has 4 rings (SSSR count). The average molecular weight is 344 g/mol. The summed E-state index contributed by atoms with van der Waals surface area (Å²) in [5.41, 5.74) is 5.93. The standard InChI is InChI=1S/C22H20N2O2/c1-13-5-9-17(10-6-13)19-21(25-15(3)23-19)22-20(24-16(4)26-22)18-11-7-14(2)8-12-18/h5-12H,1-4H3. The first kappa shape index (κ1) is 16.3. The van der Waals surface area contributed by atoms with Gasteiger partial charge in [-0.15, -0.1) is 0 Å². The summed E-state index contributed by atoms with van der Waals surface area (Å²) < 4.78 is 11.9. The van der Waals surface area contributed by atoms with Crippen LogP contribution in [0.25, 0.3) is 34.0 Å². The van der Waals surface area contributed by atoms with Gasteiger partial charge >= 0.3 is 0 Å². The molecule has 0 bridgehead atoms. The lowest BCUT2D eigenvalue weighted by Gasteiger charge is -2.03. The topological polar surface area (TPSA) is 52.1 Å². The summed E-state index contributed by atoms with van der Waals surface area (Å²) in [5.74, 6) is 2.42. The fraction of sp³-hybridized carbons (Fsp3) is 0.182. The van der Waals surface area contributed by atoms with E-state index in [1.165, 1.54) is 11.1 Å². The Balaban J connectivity index is 1.89. The van der Waals surface area contributed by atoms with Gasteiger partial charge in [-0.2, -0.15) is 0 Å². The fourth-order valence-corrected chi connectivity index (χ4v) is 2.98. The molecule has 0 saturated carbocycles. The number of hydrogen-bond acceptors (Lipinski definition) is 4. The van der Waals surface area contributed by atoms with Crippen molar-refractivity contribution in [3.8, 4) is 34.0 Å². The van der Waals surface area contributed by atoms with Gasteiger partial charge in [0.2, 0.25) is 0 Å². The van der Waals surface area contributed by atoms with Crippen LogP contribution in [0.5, 0.6) is 0 Å². The predicted octanol–water partition coefficient (Wildman–Crippen LogP) is 5.90. The normalized spacial score (nSPS) is 11.1.